The average molecular weight is 312 g/mol. The van der Waals surface area contributed by atoms with Crippen LogP contribution in [0.15, 0.2) is 78.9 Å². The van der Waals surface area contributed by atoms with Crippen molar-refractivity contribution in [1.82, 2.24) is 9.55 Å². The molecule has 1 heterocycles. The quantitative estimate of drug-likeness (QED) is 0.489. The maximum Gasteiger partial charge on any atom is 0.121 e. The first-order valence-electron chi connectivity index (χ1n) is 8.33. The molecule has 0 aliphatic heterocycles. The Hall–Kier alpha value is -2.87. The van der Waals surface area contributed by atoms with Gasteiger partial charge in [0.25, 0.3) is 0 Å². The summed E-state index contributed by atoms with van der Waals surface area (Å²) in [6.07, 6.45) is 0. The lowest BCUT2D eigenvalue weighted by Gasteiger charge is -2.15. The van der Waals surface area contributed by atoms with Crippen molar-refractivity contribution in [3.05, 3.63) is 95.8 Å². The van der Waals surface area contributed by atoms with E-state index in [1.807, 2.05) is 6.07 Å². The van der Waals surface area contributed by atoms with Gasteiger partial charge in [-0.25, -0.2) is 4.98 Å². The molecule has 2 heteroatoms. The van der Waals surface area contributed by atoms with Crippen molar-refractivity contribution in [2.75, 3.05) is 0 Å². The molecule has 1 unspecified atom stereocenters. The second kappa shape index (κ2) is 5.97. The van der Waals surface area contributed by atoms with Gasteiger partial charge in [-0.1, -0.05) is 67.1 Å². The number of hydrogen-bond acceptors (Lipinski definition) is 1. The van der Waals surface area contributed by atoms with Crippen LogP contribution in [0.3, 0.4) is 0 Å². The smallest absolute Gasteiger partial charge is 0.121 e. The van der Waals surface area contributed by atoms with Gasteiger partial charge in [0.05, 0.1) is 11.0 Å². The second-order valence-electron chi connectivity index (χ2n) is 6.26. The molecule has 3 aromatic carbocycles. The van der Waals surface area contributed by atoms with Crippen LogP contribution in [0.4, 0.5) is 0 Å². The Bertz CT molecular complexity index is 966. The van der Waals surface area contributed by atoms with Crippen LogP contribution in [-0.4, -0.2) is 9.55 Å². The molecule has 0 saturated heterocycles. The molecule has 1 aromatic heterocycles. The van der Waals surface area contributed by atoms with Gasteiger partial charge in [-0.3, -0.25) is 4.57 Å². The fourth-order valence-corrected chi connectivity index (χ4v) is 3.19. The van der Waals surface area contributed by atoms with Gasteiger partial charge in [0.15, 0.2) is 0 Å². The number of nitrogens with zero attached hydrogens (tertiary/aromatic N) is 2. The maximum absolute atomic E-state index is 4.95. The summed E-state index contributed by atoms with van der Waals surface area (Å²) >= 11 is 0. The van der Waals surface area contributed by atoms with Crippen molar-refractivity contribution < 1.29 is 0 Å². The van der Waals surface area contributed by atoms with Crippen LogP contribution < -0.4 is 0 Å². The lowest BCUT2D eigenvalue weighted by atomic mass is 10.0. The van der Waals surface area contributed by atoms with Gasteiger partial charge >= 0.3 is 0 Å². The predicted octanol–water partition coefficient (Wildman–Crippen LogP) is 5.49. The number of fused-ring (bicyclic) bond motifs is 1. The van der Waals surface area contributed by atoms with Gasteiger partial charge in [0.2, 0.25) is 0 Å². The van der Waals surface area contributed by atoms with Crippen LogP contribution in [0.25, 0.3) is 16.7 Å². The topological polar surface area (TPSA) is 17.8 Å². The predicted molar refractivity (Wildman–Crippen MR) is 99.8 cm³/mol. The van der Waals surface area contributed by atoms with E-state index in [0.717, 1.165) is 22.5 Å². The molecule has 0 radical (unpaired) electrons. The summed E-state index contributed by atoms with van der Waals surface area (Å²) in [4.78, 5) is 4.95. The maximum atomic E-state index is 4.95. The number of imidazole rings is 1. The van der Waals surface area contributed by atoms with Crippen molar-refractivity contribution in [3.63, 3.8) is 0 Å². The van der Waals surface area contributed by atoms with E-state index in [1.54, 1.807) is 0 Å². The number of benzene rings is 3. The molecule has 24 heavy (non-hydrogen) atoms. The van der Waals surface area contributed by atoms with Crippen LogP contribution in [0.5, 0.6) is 0 Å². The third kappa shape index (κ3) is 2.50. The van der Waals surface area contributed by atoms with E-state index in [-0.39, 0.29) is 5.92 Å². The highest BCUT2D eigenvalue weighted by molar-refractivity contribution is 5.78. The van der Waals surface area contributed by atoms with Gasteiger partial charge in [-0.15, -0.1) is 0 Å². The van der Waals surface area contributed by atoms with Gasteiger partial charge in [0, 0.05) is 11.6 Å². The zero-order chi connectivity index (χ0) is 16.5. The van der Waals surface area contributed by atoms with Crippen molar-refractivity contribution >= 4 is 11.0 Å². The van der Waals surface area contributed by atoms with Gasteiger partial charge in [0.1, 0.15) is 5.82 Å². The van der Waals surface area contributed by atoms with E-state index < -0.39 is 0 Å². The molecule has 4 aromatic rings. The van der Waals surface area contributed by atoms with E-state index in [4.69, 9.17) is 4.98 Å². The average Bonchev–Trinajstić information content (AvgIpc) is 3.02. The Morgan fingerprint density at radius 1 is 0.792 bits per heavy atom. The van der Waals surface area contributed by atoms with Crippen LogP contribution in [0.1, 0.15) is 29.8 Å². The first-order chi connectivity index (χ1) is 11.7. The lowest BCUT2D eigenvalue weighted by Crippen LogP contribution is -2.06. The minimum Gasteiger partial charge on any atom is -0.296 e. The number of aryl methyl sites for hydroxylation is 1. The molecule has 118 valence electrons. The fraction of sp³-hybridized carbons (Fsp3) is 0.136. The van der Waals surface area contributed by atoms with Crippen LogP contribution in [0.2, 0.25) is 0 Å². The summed E-state index contributed by atoms with van der Waals surface area (Å²) in [6, 6.07) is 27.6. The first kappa shape index (κ1) is 14.7. The van der Waals surface area contributed by atoms with Crippen molar-refractivity contribution in [1.29, 1.82) is 0 Å². The normalized spacial score (nSPS) is 12.4. The molecule has 2 nitrogen and oxygen atoms in total. The fourth-order valence-electron chi connectivity index (χ4n) is 3.19. The highest BCUT2D eigenvalue weighted by Crippen LogP contribution is 2.30. The van der Waals surface area contributed by atoms with Crippen LogP contribution in [-0.2, 0) is 0 Å². The van der Waals surface area contributed by atoms with E-state index in [1.165, 1.54) is 11.1 Å². The minimum atomic E-state index is 0.222. The Morgan fingerprint density at radius 3 is 2.21 bits per heavy atom. The highest BCUT2D eigenvalue weighted by Gasteiger charge is 2.18. The number of para-hydroxylation sites is 2. The van der Waals surface area contributed by atoms with Crippen molar-refractivity contribution in [2.45, 2.75) is 19.8 Å². The molecule has 0 bridgehead atoms. The largest absolute Gasteiger partial charge is 0.296 e. The highest BCUT2D eigenvalue weighted by atomic mass is 15.1. The summed E-state index contributed by atoms with van der Waals surface area (Å²) in [6.45, 7) is 4.34. The molecule has 0 N–H and O–H groups in total. The summed E-state index contributed by atoms with van der Waals surface area (Å²) < 4.78 is 2.28. The molecular formula is C22H20N2. The summed E-state index contributed by atoms with van der Waals surface area (Å²) in [5.41, 5.74) is 5.89. The molecular weight excluding hydrogens is 292 g/mol. The third-order valence-corrected chi connectivity index (χ3v) is 4.57. The van der Waals surface area contributed by atoms with E-state index in [2.05, 4.69) is 91.2 Å². The Balaban J connectivity index is 1.95. The standard InChI is InChI=1S/C22H20N2/c1-16-12-14-19(15-13-16)24-21-11-7-6-10-20(21)23-22(24)17(2)18-8-4-3-5-9-18/h3-15,17H,1-2H3. The lowest BCUT2D eigenvalue weighted by molar-refractivity contribution is 0.798. The van der Waals surface area contributed by atoms with Gasteiger partial charge in [-0.05, 0) is 36.8 Å². The molecule has 0 aliphatic carbocycles. The van der Waals surface area contributed by atoms with E-state index in [0.29, 0.717) is 0 Å². The zero-order valence-corrected chi connectivity index (χ0v) is 14.0. The molecule has 0 fully saturated rings. The summed E-state index contributed by atoms with van der Waals surface area (Å²) in [7, 11) is 0. The second-order valence-corrected chi connectivity index (χ2v) is 6.26. The Labute approximate surface area is 142 Å². The molecule has 4 rings (SSSR count). The van der Waals surface area contributed by atoms with E-state index in [9.17, 15) is 0 Å². The van der Waals surface area contributed by atoms with Crippen molar-refractivity contribution in [2.24, 2.45) is 0 Å². The van der Waals surface area contributed by atoms with Crippen LogP contribution >= 0.6 is 0 Å². The Morgan fingerprint density at radius 2 is 1.46 bits per heavy atom. The Kier molecular flexibility index (Phi) is 3.66. The third-order valence-electron chi connectivity index (χ3n) is 4.57. The minimum absolute atomic E-state index is 0.222. The molecule has 0 saturated carbocycles. The monoisotopic (exact) mass is 312 g/mol. The number of aromatic nitrogens is 2. The van der Waals surface area contributed by atoms with Gasteiger partial charge < -0.3 is 0 Å². The summed E-state index contributed by atoms with van der Waals surface area (Å²) in [5, 5.41) is 0. The molecule has 0 amide bonds. The van der Waals surface area contributed by atoms with Crippen molar-refractivity contribution in [3.8, 4) is 5.69 Å². The van der Waals surface area contributed by atoms with E-state index >= 15 is 0 Å². The number of rotatable bonds is 3. The molecule has 0 spiro atoms. The molecule has 1 atom stereocenters. The number of hydrogen-bond donors (Lipinski definition) is 0. The van der Waals surface area contributed by atoms with Gasteiger partial charge in [-0.2, -0.15) is 0 Å². The zero-order valence-electron chi connectivity index (χ0n) is 14.0. The van der Waals surface area contributed by atoms with Crippen LogP contribution in [0, 0.1) is 6.92 Å². The molecule has 0 aliphatic rings. The SMILES string of the molecule is Cc1ccc(-n2c(C(C)c3ccccc3)nc3ccccc32)cc1. The first-order valence-corrected chi connectivity index (χ1v) is 8.33. The summed E-state index contributed by atoms with van der Waals surface area (Å²) in [5.74, 6) is 1.30.